The largest absolute Gasteiger partial charge is 0.435 e. The average molecular weight is 356 g/mol. The molecule has 0 saturated heterocycles. The normalized spacial score (nSPS) is 12.5. The monoisotopic (exact) mass is 356 g/mol. The van der Waals surface area contributed by atoms with E-state index in [2.05, 4.69) is 4.74 Å². The lowest BCUT2D eigenvalue weighted by atomic mass is 9.97. The summed E-state index contributed by atoms with van der Waals surface area (Å²) in [6.07, 6.45) is -9.70. The van der Waals surface area contributed by atoms with Gasteiger partial charge in [-0.3, -0.25) is 0 Å². The Bertz CT molecular complexity index is 718. The maximum Gasteiger partial charge on any atom is 0.417 e. The van der Waals surface area contributed by atoms with Crippen molar-refractivity contribution in [3.05, 3.63) is 53.6 Å². The van der Waals surface area contributed by atoms with E-state index in [4.69, 9.17) is 0 Å². The van der Waals surface area contributed by atoms with Crippen LogP contribution in [-0.2, 0) is 12.4 Å². The second-order valence-corrected chi connectivity index (χ2v) is 4.66. The van der Waals surface area contributed by atoms with Gasteiger partial charge in [-0.25, -0.2) is 0 Å². The molecule has 0 spiro atoms. The zero-order valence-corrected chi connectivity index (χ0v) is 11.6. The zero-order chi connectivity index (χ0) is 18.1. The predicted octanol–water partition coefficient (Wildman–Crippen LogP) is 5.99. The van der Waals surface area contributed by atoms with Gasteiger partial charge in [-0.15, -0.1) is 0 Å². The van der Waals surface area contributed by atoms with Gasteiger partial charge in [-0.05, 0) is 35.4 Å². The zero-order valence-electron chi connectivity index (χ0n) is 11.6. The van der Waals surface area contributed by atoms with E-state index in [-0.39, 0.29) is 5.56 Å². The van der Waals surface area contributed by atoms with E-state index in [1.165, 1.54) is 0 Å². The molecule has 2 aromatic carbocycles. The highest BCUT2D eigenvalue weighted by Crippen LogP contribution is 2.40. The Hall–Kier alpha value is -2.32. The molecule has 0 bridgehead atoms. The smallest absolute Gasteiger partial charge is 0.417 e. The molecular weight excluding hydrogens is 348 g/mol. The van der Waals surface area contributed by atoms with Crippen molar-refractivity contribution in [2.24, 2.45) is 0 Å². The lowest BCUT2D eigenvalue weighted by molar-refractivity contribution is -0.137. The van der Waals surface area contributed by atoms with E-state index in [1.807, 2.05) is 0 Å². The highest BCUT2D eigenvalue weighted by molar-refractivity contribution is 5.70. The fraction of sp³-hybridized carbons (Fsp3) is 0.200. The Morgan fingerprint density at radius 2 is 1.46 bits per heavy atom. The van der Waals surface area contributed by atoms with Gasteiger partial charge in [0.05, 0.1) is 11.1 Å². The van der Waals surface area contributed by atoms with E-state index in [1.54, 1.807) is 0 Å². The van der Waals surface area contributed by atoms with Gasteiger partial charge < -0.3 is 4.74 Å². The average Bonchev–Trinajstić information content (AvgIpc) is 2.45. The Balaban J connectivity index is 2.58. The van der Waals surface area contributed by atoms with Crippen LogP contribution in [0.25, 0.3) is 11.1 Å². The van der Waals surface area contributed by atoms with Gasteiger partial charge in [-0.2, -0.15) is 35.1 Å². The fourth-order valence-electron chi connectivity index (χ4n) is 2.05. The highest BCUT2D eigenvalue weighted by atomic mass is 19.4. The topological polar surface area (TPSA) is 9.23 Å². The van der Waals surface area contributed by atoms with Crippen LogP contribution in [-0.4, -0.2) is 6.61 Å². The summed E-state index contributed by atoms with van der Waals surface area (Å²) in [4.78, 5) is 0. The number of ether oxygens (including phenoxy) is 1. The van der Waals surface area contributed by atoms with Crippen molar-refractivity contribution in [1.29, 1.82) is 0 Å². The highest BCUT2D eigenvalue weighted by Gasteiger charge is 2.35. The van der Waals surface area contributed by atoms with Gasteiger partial charge in [0, 0.05) is 0 Å². The second kappa shape index (κ2) is 6.29. The Morgan fingerprint density at radius 3 is 2.00 bits per heavy atom. The number of benzene rings is 2. The minimum atomic E-state index is -4.97. The van der Waals surface area contributed by atoms with E-state index < -0.39 is 41.4 Å². The molecule has 0 N–H and O–H groups in total. The molecule has 2 aromatic rings. The third-order valence-electron chi connectivity index (χ3n) is 3.02. The number of alkyl halides is 8. The molecule has 0 aliphatic carbocycles. The van der Waals surface area contributed by atoms with Gasteiger partial charge in [0.25, 0.3) is 0 Å². The molecule has 0 atom stereocenters. The van der Waals surface area contributed by atoms with Crippen molar-refractivity contribution in [3.63, 3.8) is 0 Å². The van der Waals surface area contributed by atoms with Crippen molar-refractivity contribution in [2.45, 2.75) is 19.0 Å². The Morgan fingerprint density at radius 1 is 0.792 bits per heavy atom. The molecule has 0 aliphatic heterocycles. The van der Waals surface area contributed by atoms with E-state index in [0.29, 0.717) is 18.2 Å². The summed E-state index contributed by atoms with van der Waals surface area (Å²) < 4.78 is 106. The first-order valence-electron chi connectivity index (χ1n) is 6.32. The van der Waals surface area contributed by atoms with Gasteiger partial charge in [-0.1, -0.05) is 18.2 Å². The van der Waals surface area contributed by atoms with Crippen molar-refractivity contribution < 1.29 is 39.9 Å². The van der Waals surface area contributed by atoms with Crippen LogP contribution in [0.15, 0.2) is 42.5 Å². The molecule has 130 valence electrons. The number of rotatable bonds is 3. The molecule has 0 amide bonds. The summed E-state index contributed by atoms with van der Waals surface area (Å²) >= 11 is 0. The van der Waals surface area contributed by atoms with Crippen LogP contribution >= 0.6 is 0 Å². The molecule has 0 heterocycles. The van der Waals surface area contributed by atoms with Crippen molar-refractivity contribution in [3.8, 4) is 16.9 Å². The minimum absolute atomic E-state index is 0.321. The van der Waals surface area contributed by atoms with Gasteiger partial charge in [0.1, 0.15) is 5.75 Å². The molecule has 24 heavy (non-hydrogen) atoms. The lowest BCUT2D eigenvalue weighted by Crippen LogP contribution is -2.10. The van der Waals surface area contributed by atoms with Crippen molar-refractivity contribution in [1.82, 2.24) is 0 Å². The predicted molar refractivity (Wildman–Crippen MR) is 68.5 cm³/mol. The molecular formula is C15H8F8O. The molecule has 0 radical (unpaired) electrons. The van der Waals surface area contributed by atoms with Crippen molar-refractivity contribution in [2.75, 3.05) is 0 Å². The van der Waals surface area contributed by atoms with Crippen LogP contribution in [0, 0.1) is 0 Å². The standard InChI is InChI=1S/C15H8F8O/c16-13(17)24-10-4-5-11(12(7-10)15(21,22)23)8-2-1-3-9(6-8)14(18,19)20/h1-7,13H. The van der Waals surface area contributed by atoms with Crippen LogP contribution < -0.4 is 4.74 Å². The lowest BCUT2D eigenvalue weighted by Gasteiger charge is -2.16. The quantitative estimate of drug-likeness (QED) is 0.614. The summed E-state index contributed by atoms with van der Waals surface area (Å²) in [6, 6.07) is 5.23. The minimum Gasteiger partial charge on any atom is -0.435 e. The van der Waals surface area contributed by atoms with Crippen LogP contribution in [0.4, 0.5) is 35.1 Å². The van der Waals surface area contributed by atoms with Crippen LogP contribution in [0.5, 0.6) is 5.75 Å². The molecule has 0 aromatic heterocycles. The summed E-state index contributed by atoms with van der Waals surface area (Å²) in [5, 5.41) is 0. The van der Waals surface area contributed by atoms with Crippen LogP contribution in [0.1, 0.15) is 11.1 Å². The summed E-state index contributed by atoms with van der Waals surface area (Å²) in [6.45, 7) is -3.33. The van der Waals surface area contributed by atoms with E-state index in [0.717, 1.165) is 24.3 Å². The number of halogens is 8. The maximum absolute atomic E-state index is 13.1. The molecule has 2 rings (SSSR count). The third-order valence-corrected chi connectivity index (χ3v) is 3.02. The molecule has 0 unspecified atom stereocenters. The molecule has 0 fully saturated rings. The second-order valence-electron chi connectivity index (χ2n) is 4.66. The first-order valence-corrected chi connectivity index (χ1v) is 6.32. The molecule has 1 nitrogen and oxygen atoms in total. The SMILES string of the molecule is FC(F)Oc1ccc(-c2cccc(C(F)(F)F)c2)c(C(F)(F)F)c1. The number of hydrogen-bond donors (Lipinski definition) is 0. The van der Waals surface area contributed by atoms with E-state index in [9.17, 15) is 35.1 Å². The molecule has 9 heteroatoms. The Kier molecular flexibility index (Phi) is 4.73. The first kappa shape index (κ1) is 18.0. The van der Waals surface area contributed by atoms with Crippen LogP contribution in [0.3, 0.4) is 0 Å². The van der Waals surface area contributed by atoms with E-state index >= 15 is 0 Å². The molecule has 0 saturated carbocycles. The third kappa shape index (κ3) is 4.15. The summed E-state index contributed by atoms with van der Waals surface area (Å²) in [5.41, 5.74) is -3.42. The maximum atomic E-state index is 13.1. The van der Waals surface area contributed by atoms with Crippen molar-refractivity contribution >= 4 is 0 Å². The van der Waals surface area contributed by atoms with Gasteiger partial charge in [0.15, 0.2) is 0 Å². The fourth-order valence-corrected chi connectivity index (χ4v) is 2.05. The van der Waals surface area contributed by atoms with Gasteiger partial charge in [0.2, 0.25) is 0 Å². The Labute approximate surface area is 130 Å². The molecule has 0 aliphatic rings. The summed E-state index contributed by atoms with van der Waals surface area (Å²) in [5.74, 6) is -0.743. The number of hydrogen-bond acceptors (Lipinski definition) is 1. The first-order chi connectivity index (χ1) is 11.0. The van der Waals surface area contributed by atoms with Crippen LogP contribution in [0.2, 0.25) is 0 Å². The summed E-state index contributed by atoms with van der Waals surface area (Å²) in [7, 11) is 0. The van der Waals surface area contributed by atoms with Gasteiger partial charge >= 0.3 is 19.0 Å².